The van der Waals surface area contributed by atoms with Crippen molar-refractivity contribution in [1.29, 1.82) is 0 Å². The van der Waals surface area contributed by atoms with Crippen molar-refractivity contribution < 1.29 is 5.11 Å². The molecule has 88 valence electrons. The predicted octanol–water partition coefficient (Wildman–Crippen LogP) is 2.47. The molecule has 1 aromatic heterocycles. The third-order valence-electron chi connectivity index (χ3n) is 3.38. The van der Waals surface area contributed by atoms with Crippen molar-refractivity contribution in [3.05, 3.63) is 23.5 Å². The van der Waals surface area contributed by atoms with E-state index in [1.807, 2.05) is 13.0 Å². The molecule has 0 spiro atoms. The van der Waals surface area contributed by atoms with Gasteiger partial charge in [0.25, 0.3) is 0 Å². The second-order valence-electron chi connectivity index (χ2n) is 4.73. The molecule has 3 heteroatoms. The first-order chi connectivity index (χ1) is 7.66. The van der Waals surface area contributed by atoms with Crippen molar-refractivity contribution in [1.82, 2.24) is 9.88 Å². The van der Waals surface area contributed by atoms with Gasteiger partial charge < -0.3 is 5.11 Å². The molecule has 1 N–H and O–H groups in total. The van der Waals surface area contributed by atoms with Crippen LogP contribution in [0.1, 0.15) is 37.6 Å². The van der Waals surface area contributed by atoms with E-state index in [-0.39, 0.29) is 0 Å². The lowest BCUT2D eigenvalue weighted by Crippen LogP contribution is -2.37. The first-order valence-corrected chi connectivity index (χ1v) is 6.06. The average molecular weight is 220 g/mol. The molecule has 1 atom stereocenters. The molecule has 2 rings (SSSR count). The van der Waals surface area contributed by atoms with Gasteiger partial charge in [0.1, 0.15) is 5.75 Å². The normalized spacial score (nSPS) is 22.2. The van der Waals surface area contributed by atoms with Crippen LogP contribution >= 0.6 is 0 Å². The lowest BCUT2D eigenvalue weighted by Gasteiger charge is -2.33. The highest BCUT2D eigenvalue weighted by atomic mass is 16.3. The molecular formula is C13H20N2O. The zero-order chi connectivity index (χ0) is 11.5. The Hall–Kier alpha value is -1.09. The van der Waals surface area contributed by atoms with Crippen molar-refractivity contribution in [3.8, 4) is 5.75 Å². The van der Waals surface area contributed by atoms with Crippen molar-refractivity contribution in [2.75, 3.05) is 6.54 Å². The van der Waals surface area contributed by atoms with Gasteiger partial charge >= 0.3 is 0 Å². The van der Waals surface area contributed by atoms with Gasteiger partial charge in [-0.25, -0.2) is 0 Å². The maximum absolute atomic E-state index is 9.76. The van der Waals surface area contributed by atoms with Crippen molar-refractivity contribution in [2.45, 2.75) is 45.7 Å². The van der Waals surface area contributed by atoms with Crippen LogP contribution in [0.2, 0.25) is 0 Å². The second-order valence-corrected chi connectivity index (χ2v) is 4.73. The zero-order valence-corrected chi connectivity index (χ0v) is 10.1. The monoisotopic (exact) mass is 220 g/mol. The van der Waals surface area contributed by atoms with Crippen LogP contribution in [0.4, 0.5) is 0 Å². The summed E-state index contributed by atoms with van der Waals surface area (Å²) >= 11 is 0. The average Bonchev–Trinajstić information content (AvgIpc) is 2.27. The fourth-order valence-corrected chi connectivity index (χ4v) is 2.30. The first kappa shape index (κ1) is 11.4. The Morgan fingerprint density at radius 2 is 2.25 bits per heavy atom. The standard InChI is InChI=1S/C13H20N2O/c1-10-6-7-13(16)12(14-10)9-15-8-4-3-5-11(15)2/h6-7,11,16H,3-5,8-9H2,1-2H3. The third-order valence-corrected chi connectivity index (χ3v) is 3.38. The van der Waals surface area contributed by atoms with Crippen LogP contribution in [0, 0.1) is 6.92 Å². The van der Waals surface area contributed by atoms with Crippen LogP contribution in [-0.4, -0.2) is 27.6 Å². The van der Waals surface area contributed by atoms with E-state index < -0.39 is 0 Å². The first-order valence-electron chi connectivity index (χ1n) is 6.06. The smallest absolute Gasteiger partial charge is 0.138 e. The van der Waals surface area contributed by atoms with Crippen LogP contribution in [0.5, 0.6) is 5.75 Å². The highest BCUT2D eigenvalue weighted by Gasteiger charge is 2.19. The van der Waals surface area contributed by atoms with Gasteiger partial charge in [-0.2, -0.15) is 0 Å². The van der Waals surface area contributed by atoms with Gasteiger partial charge in [-0.1, -0.05) is 6.42 Å². The molecule has 0 saturated carbocycles. The summed E-state index contributed by atoms with van der Waals surface area (Å²) in [5, 5.41) is 9.76. The Balaban J connectivity index is 2.10. The van der Waals surface area contributed by atoms with E-state index in [1.165, 1.54) is 19.3 Å². The summed E-state index contributed by atoms with van der Waals surface area (Å²) in [6.07, 6.45) is 3.84. The van der Waals surface area contributed by atoms with Crippen LogP contribution in [-0.2, 0) is 6.54 Å². The number of hydrogen-bond donors (Lipinski definition) is 1. The van der Waals surface area contributed by atoms with Gasteiger partial charge in [-0.15, -0.1) is 0 Å². The van der Waals surface area contributed by atoms with E-state index in [0.29, 0.717) is 11.8 Å². The number of hydrogen-bond acceptors (Lipinski definition) is 3. The molecule has 0 aliphatic carbocycles. The van der Waals surface area contributed by atoms with E-state index in [4.69, 9.17) is 0 Å². The minimum absolute atomic E-state index is 0.323. The topological polar surface area (TPSA) is 36.4 Å². The Bertz CT molecular complexity index is 365. The number of aromatic nitrogens is 1. The van der Waals surface area contributed by atoms with Crippen molar-refractivity contribution in [3.63, 3.8) is 0 Å². The highest BCUT2D eigenvalue weighted by Crippen LogP contribution is 2.22. The SMILES string of the molecule is Cc1ccc(O)c(CN2CCCCC2C)n1. The number of pyridine rings is 1. The maximum Gasteiger partial charge on any atom is 0.138 e. The van der Waals surface area contributed by atoms with Crippen LogP contribution < -0.4 is 0 Å². The summed E-state index contributed by atoms with van der Waals surface area (Å²) in [7, 11) is 0. The molecule has 3 nitrogen and oxygen atoms in total. The summed E-state index contributed by atoms with van der Waals surface area (Å²) in [5.74, 6) is 0.323. The molecule has 0 amide bonds. The molecular weight excluding hydrogens is 200 g/mol. The van der Waals surface area contributed by atoms with E-state index in [9.17, 15) is 5.11 Å². The Morgan fingerprint density at radius 1 is 1.44 bits per heavy atom. The largest absolute Gasteiger partial charge is 0.506 e. The van der Waals surface area contributed by atoms with Gasteiger partial charge in [0, 0.05) is 18.3 Å². The van der Waals surface area contributed by atoms with Crippen LogP contribution in [0.15, 0.2) is 12.1 Å². The van der Waals surface area contributed by atoms with Gasteiger partial charge in [-0.3, -0.25) is 9.88 Å². The molecule has 2 heterocycles. The molecule has 0 radical (unpaired) electrons. The Morgan fingerprint density at radius 3 is 3.00 bits per heavy atom. The summed E-state index contributed by atoms with van der Waals surface area (Å²) in [5.41, 5.74) is 1.78. The van der Waals surface area contributed by atoms with Crippen LogP contribution in [0.3, 0.4) is 0 Å². The molecule has 0 aromatic carbocycles. The lowest BCUT2D eigenvalue weighted by atomic mass is 10.0. The maximum atomic E-state index is 9.76. The lowest BCUT2D eigenvalue weighted by molar-refractivity contribution is 0.149. The number of piperidine rings is 1. The second kappa shape index (κ2) is 4.83. The Labute approximate surface area is 97.1 Å². The summed E-state index contributed by atoms with van der Waals surface area (Å²) < 4.78 is 0. The molecule has 1 aliphatic heterocycles. The fourth-order valence-electron chi connectivity index (χ4n) is 2.30. The van der Waals surface area contributed by atoms with Crippen molar-refractivity contribution in [2.24, 2.45) is 0 Å². The van der Waals surface area contributed by atoms with Gasteiger partial charge in [0.15, 0.2) is 0 Å². The molecule has 0 bridgehead atoms. The molecule has 1 fully saturated rings. The van der Waals surface area contributed by atoms with E-state index in [1.54, 1.807) is 6.07 Å². The Kier molecular flexibility index (Phi) is 3.44. The van der Waals surface area contributed by atoms with Crippen molar-refractivity contribution >= 4 is 0 Å². The minimum atomic E-state index is 0.323. The van der Waals surface area contributed by atoms with Crippen LogP contribution in [0.25, 0.3) is 0 Å². The highest BCUT2D eigenvalue weighted by molar-refractivity contribution is 5.27. The van der Waals surface area contributed by atoms with E-state index in [0.717, 1.165) is 24.5 Å². The number of likely N-dealkylation sites (tertiary alicyclic amines) is 1. The summed E-state index contributed by atoms with van der Waals surface area (Å²) in [6, 6.07) is 4.19. The number of rotatable bonds is 2. The van der Waals surface area contributed by atoms with Gasteiger partial charge in [-0.05, 0) is 45.4 Å². The predicted molar refractivity (Wildman–Crippen MR) is 64.4 cm³/mol. The molecule has 16 heavy (non-hydrogen) atoms. The molecule has 1 saturated heterocycles. The van der Waals surface area contributed by atoms with E-state index >= 15 is 0 Å². The third kappa shape index (κ3) is 2.53. The number of aryl methyl sites for hydroxylation is 1. The fraction of sp³-hybridized carbons (Fsp3) is 0.615. The number of nitrogens with zero attached hydrogens (tertiary/aromatic N) is 2. The molecule has 1 aliphatic rings. The number of aromatic hydroxyl groups is 1. The summed E-state index contributed by atoms with van der Waals surface area (Å²) in [6.45, 7) is 6.11. The molecule has 1 aromatic rings. The van der Waals surface area contributed by atoms with Gasteiger partial charge in [0.2, 0.25) is 0 Å². The quantitative estimate of drug-likeness (QED) is 0.831. The minimum Gasteiger partial charge on any atom is -0.506 e. The molecule has 1 unspecified atom stereocenters. The zero-order valence-electron chi connectivity index (χ0n) is 10.1. The van der Waals surface area contributed by atoms with E-state index in [2.05, 4.69) is 16.8 Å². The summed E-state index contributed by atoms with van der Waals surface area (Å²) in [4.78, 5) is 6.82. The van der Waals surface area contributed by atoms with Gasteiger partial charge in [0.05, 0.1) is 5.69 Å².